The van der Waals surface area contributed by atoms with E-state index in [-0.39, 0.29) is 16.4 Å². The van der Waals surface area contributed by atoms with Gasteiger partial charge in [-0.25, -0.2) is 8.42 Å². The predicted molar refractivity (Wildman–Crippen MR) is 108 cm³/mol. The SMILES string of the molecule is CCC(CC)(CN)NC(=O)c1cccc(S(=O)(=O)Nc2ccc(C)cc2)c1. The highest BCUT2D eigenvalue weighted by Crippen LogP contribution is 2.19. The van der Waals surface area contributed by atoms with Crippen LogP contribution >= 0.6 is 0 Å². The molecule has 2 aromatic carbocycles. The lowest BCUT2D eigenvalue weighted by atomic mass is 9.92. The van der Waals surface area contributed by atoms with E-state index in [1.54, 1.807) is 24.3 Å². The lowest BCUT2D eigenvalue weighted by Gasteiger charge is -2.31. The number of carbonyl (C=O) groups excluding carboxylic acids is 1. The maximum atomic E-state index is 12.7. The van der Waals surface area contributed by atoms with Crippen molar-refractivity contribution >= 4 is 21.6 Å². The minimum absolute atomic E-state index is 0.0297. The van der Waals surface area contributed by atoms with E-state index >= 15 is 0 Å². The number of nitrogens with one attached hydrogen (secondary N) is 2. The molecule has 1 amide bonds. The van der Waals surface area contributed by atoms with Crippen LogP contribution in [0.15, 0.2) is 53.4 Å². The van der Waals surface area contributed by atoms with Crippen molar-refractivity contribution < 1.29 is 13.2 Å². The van der Waals surface area contributed by atoms with E-state index in [1.807, 2.05) is 32.9 Å². The number of nitrogens with two attached hydrogens (primary N) is 1. The topological polar surface area (TPSA) is 101 Å². The van der Waals surface area contributed by atoms with Crippen LogP contribution in [0.25, 0.3) is 0 Å². The summed E-state index contributed by atoms with van der Waals surface area (Å²) in [6.45, 7) is 6.17. The molecule has 27 heavy (non-hydrogen) atoms. The highest BCUT2D eigenvalue weighted by atomic mass is 32.2. The van der Waals surface area contributed by atoms with Crippen molar-refractivity contribution in [2.75, 3.05) is 11.3 Å². The Morgan fingerprint density at radius 1 is 1.07 bits per heavy atom. The number of carbonyl (C=O) groups is 1. The first kappa shape index (κ1) is 20.9. The molecule has 2 aromatic rings. The smallest absolute Gasteiger partial charge is 0.261 e. The first-order valence-corrected chi connectivity index (χ1v) is 10.5. The second-order valence-electron chi connectivity index (χ2n) is 6.65. The van der Waals surface area contributed by atoms with Crippen LogP contribution in [0.2, 0.25) is 0 Å². The zero-order valence-electron chi connectivity index (χ0n) is 16.0. The fourth-order valence-electron chi connectivity index (χ4n) is 2.72. The average molecular weight is 390 g/mol. The van der Waals surface area contributed by atoms with Gasteiger partial charge in [-0.1, -0.05) is 37.6 Å². The third-order valence-corrected chi connectivity index (χ3v) is 6.21. The van der Waals surface area contributed by atoms with Crippen molar-refractivity contribution in [1.82, 2.24) is 5.32 Å². The van der Waals surface area contributed by atoms with E-state index in [0.717, 1.165) is 5.56 Å². The molecule has 146 valence electrons. The first-order chi connectivity index (χ1) is 12.7. The van der Waals surface area contributed by atoms with Crippen LogP contribution in [0, 0.1) is 6.92 Å². The Labute approximate surface area is 161 Å². The van der Waals surface area contributed by atoms with Gasteiger partial charge in [-0.2, -0.15) is 0 Å². The largest absolute Gasteiger partial charge is 0.345 e. The van der Waals surface area contributed by atoms with Crippen LogP contribution < -0.4 is 15.8 Å². The van der Waals surface area contributed by atoms with Crippen LogP contribution in [-0.2, 0) is 10.0 Å². The van der Waals surface area contributed by atoms with Gasteiger partial charge >= 0.3 is 0 Å². The molecule has 0 saturated carbocycles. The molecule has 0 radical (unpaired) electrons. The molecule has 0 heterocycles. The van der Waals surface area contributed by atoms with E-state index in [4.69, 9.17) is 5.73 Å². The minimum Gasteiger partial charge on any atom is -0.345 e. The molecule has 0 aliphatic rings. The summed E-state index contributed by atoms with van der Waals surface area (Å²) in [5, 5.41) is 2.95. The van der Waals surface area contributed by atoms with E-state index in [2.05, 4.69) is 10.0 Å². The van der Waals surface area contributed by atoms with Crippen molar-refractivity contribution in [1.29, 1.82) is 0 Å². The number of amides is 1. The number of hydrogen-bond donors (Lipinski definition) is 3. The van der Waals surface area contributed by atoms with Gasteiger partial charge < -0.3 is 11.1 Å². The van der Waals surface area contributed by atoms with E-state index < -0.39 is 15.6 Å². The van der Waals surface area contributed by atoms with Gasteiger partial charge in [0.05, 0.1) is 10.4 Å². The quantitative estimate of drug-likeness (QED) is 0.646. The Kier molecular flexibility index (Phi) is 6.62. The van der Waals surface area contributed by atoms with Gasteiger partial charge in [-0.05, 0) is 50.1 Å². The van der Waals surface area contributed by atoms with Gasteiger partial charge in [0.1, 0.15) is 0 Å². The summed E-state index contributed by atoms with van der Waals surface area (Å²) < 4.78 is 27.8. The summed E-state index contributed by atoms with van der Waals surface area (Å²) in [7, 11) is -3.80. The highest BCUT2D eigenvalue weighted by Gasteiger charge is 2.27. The van der Waals surface area contributed by atoms with Gasteiger partial charge in [0.25, 0.3) is 15.9 Å². The third-order valence-electron chi connectivity index (χ3n) is 4.83. The summed E-state index contributed by atoms with van der Waals surface area (Å²) in [4.78, 5) is 12.7. The maximum Gasteiger partial charge on any atom is 0.261 e. The molecule has 4 N–H and O–H groups in total. The lowest BCUT2D eigenvalue weighted by Crippen LogP contribution is -2.52. The summed E-state index contributed by atoms with van der Waals surface area (Å²) in [6, 6.07) is 13.0. The lowest BCUT2D eigenvalue weighted by molar-refractivity contribution is 0.0895. The molecule has 0 saturated heterocycles. The number of benzene rings is 2. The fraction of sp³-hybridized carbons (Fsp3) is 0.350. The Hall–Kier alpha value is -2.38. The number of sulfonamides is 1. The molecule has 0 atom stereocenters. The number of aryl methyl sites for hydroxylation is 1. The molecule has 2 rings (SSSR count). The van der Waals surface area contributed by atoms with Gasteiger partial charge in [-0.15, -0.1) is 0 Å². The molecular weight excluding hydrogens is 362 g/mol. The molecule has 0 aliphatic carbocycles. The van der Waals surface area contributed by atoms with E-state index in [0.29, 0.717) is 25.1 Å². The summed E-state index contributed by atoms with van der Waals surface area (Å²) >= 11 is 0. The summed E-state index contributed by atoms with van der Waals surface area (Å²) in [5.74, 6) is -0.337. The van der Waals surface area contributed by atoms with E-state index in [9.17, 15) is 13.2 Å². The third kappa shape index (κ3) is 5.08. The van der Waals surface area contributed by atoms with Crippen LogP contribution in [0.1, 0.15) is 42.6 Å². The molecule has 0 bridgehead atoms. The number of rotatable bonds is 8. The van der Waals surface area contributed by atoms with Crippen LogP contribution in [-0.4, -0.2) is 26.4 Å². The van der Waals surface area contributed by atoms with Crippen molar-refractivity contribution in [3.05, 3.63) is 59.7 Å². The Morgan fingerprint density at radius 2 is 1.70 bits per heavy atom. The predicted octanol–water partition coefficient (Wildman–Crippen LogP) is 3.04. The maximum absolute atomic E-state index is 12.7. The second-order valence-corrected chi connectivity index (χ2v) is 8.33. The molecule has 0 unspecified atom stereocenters. The van der Waals surface area contributed by atoms with Crippen molar-refractivity contribution in [2.45, 2.75) is 44.0 Å². The average Bonchev–Trinajstić information content (AvgIpc) is 2.68. The highest BCUT2D eigenvalue weighted by molar-refractivity contribution is 7.92. The zero-order valence-corrected chi connectivity index (χ0v) is 16.8. The summed E-state index contributed by atoms with van der Waals surface area (Å²) in [5.41, 5.74) is 7.12. The van der Waals surface area contributed by atoms with Gasteiger partial charge in [0.15, 0.2) is 0 Å². The van der Waals surface area contributed by atoms with Crippen molar-refractivity contribution in [3.63, 3.8) is 0 Å². The zero-order chi connectivity index (χ0) is 20.1. The van der Waals surface area contributed by atoms with Gasteiger partial charge in [0.2, 0.25) is 0 Å². The Balaban J connectivity index is 2.25. The molecule has 6 nitrogen and oxygen atoms in total. The molecule has 0 aromatic heterocycles. The van der Waals surface area contributed by atoms with Crippen molar-refractivity contribution in [3.8, 4) is 0 Å². The Morgan fingerprint density at radius 3 is 2.26 bits per heavy atom. The minimum atomic E-state index is -3.80. The first-order valence-electron chi connectivity index (χ1n) is 8.97. The van der Waals surface area contributed by atoms with E-state index in [1.165, 1.54) is 12.1 Å². The Bertz CT molecular complexity index is 881. The monoisotopic (exact) mass is 389 g/mol. The van der Waals surface area contributed by atoms with Gasteiger partial charge in [-0.3, -0.25) is 9.52 Å². The molecule has 0 fully saturated rings. The summed E-state index contributed by atoms with van der Waals surface area (Å²) in [6.07, 6.45) is 1.39. The molecule has 7 heteroatoms. The number of anilines is 1. The normalized spacial score (nSPS) is 11.9. The molecule has 0 spiro atoms. The van der Waals surface area contributed by atoms with Crippen LogP contribution in [0.5, 0.6) is 0 Å². The standard InChI is InChI=1S/C20H27N3O3S/c1-4-20(5-2,14-21)22-19(24)16-7-6-8-18(13-16)27(25,26)23-17-11-9-15(3)10-12-17/h6-13,23H,4-5,14,21H2,1-3H3,(H,22,24). The fourth-order valence-corrected chi connectivity index (χ4v) is 3.82. The second kappa shape index (κ2) is 8.54. The van der Waals surface area contributed by atoms with Crippen LogP contribution in [0.3, 0.4) is 0 Å². The van der Waals surface area contributed by atoms with Crippen LogP contribution in [0.4, 0.5) is 5.69 Å². The molecule has 0 aliphatic heterocycles. The van der Waals surface area contributed by atoms with Crippen molar-refractivity contribution in [2.24, 2.45) is 5.73 Å². The molecular formula is C20H27N3O3S. The van der Waals surface area contributed by atoms with Gasteiger partial charge in [0, 0.05) is 17.8 Å². The number of hydrogen-bond acceptors (Lipinski definition) is 4.